The Hall–Kier alpha value is -2.60. The maximum atomic E-state index is 12.4. The highest BCUT2D eigenvalue weighted by Gasteiger charge is 2.16. The summed E-state index contributed by atoms with van der Waals surface area (Å²) in [5, 5.41) is 3.79. The van der Waals surface area contributed by atoms with Crippen LogP contribution in [0.25, 0.3) is 10.9 Å². The second kappa shape index (κ2) is 8.41. The fourth-order valence-corrected chi connectivity index (χ4v) is 4.63. The molecule has 29 heavy (non-hydrogen) atoms. The Bertz CT molecular complexity index is 1090. The van der Waals surface area contributed by atoms with Crippen LogP contribution in [0.3, 0.4) is 0 Å². The second-order valence-corrected chi connectivity index (χ2v) is 10.6. The quantitative estimate of drug-likeness (QED) is 0.571. The zero-order valence-electron chi connectivity index (χ0n) is 17.2. The van der Waals surface area contributed by atoms with E-state index >= 15 is 0 Å². The predicted octanol–water partition coefficient (Wildman–Crippen LogP) is 4.20. The fourth-order valence-electron chi connectivity index (χ4n) is 3.21. The first kappa shape index (κ1) is 21.1. The minimum Gasteiger partial charge on any atom is -0.351 e. The molecule has 0 bridgehead atoms. The van der Waals surface area contributed by atoms with Gasteiger partial charge in [0.15, 0.2) is 9.84 Å². The van der Waals surface area contributed by atoms with E-state index in [1.165, 1.54) is 5.56 Å². The molecule has 0 unspecified atom stereocenters. The highest BCUT2D eigenvalue weighted by molar-refractivity contribution is 7.90. The van der Waals surface area contributed by atoms with Crippen LogP contribution in [-0.4, -0.2) is 31.6 Å². The van der Waals surface area contributed by atoms with Gasteiger partial charge in [-0.05, 0) is 35.1 Å². The summed E-state index contributed by atoms with van der Waals surface area (Å²) < 4.78 is 24.5. The van der Waals surface area contributed by atoms with Crippen molar-refractivity contribution in [2.75, 3.05) is 12.3 Å². The predicted molar refractivity (Wildman–Crippen MR) is 118 cm³/mol. The lowest BCUT2D eigenvalue weighted by Gasteiger charge is -2.18. The third-order valence-electron chi connectivity index (χ3n) is 4.88. The van der Waals surface area contributed by atoms with Gasteiger partial charge >= 0.3 is 0 Å². The van der Waals surface area contributed by atoms with Crippen molar-refractivity contribution in [2.45, 2.75) is 38.4 Å². The van der Waals surface area contributed by atoms with E-state index in [1.807, 2.05) is 30.3 Å². The topological polar surface area (TPSA) is 79.0 Å². The molecule has 0 spiro atoms. The highest BCUT2D eigenvalue weighted by Crippen LogP contribution is 2.26. The SMILES string of the molecule is CC(C)(C)c1ccc2cc(C(=O)NCCCS(=O)(=O)Cc3ccccc3)[nH]c2c1. The summed E-state index contributed by atoms with van der Waals surface area (Å²) >= 11 is 0. The van der Waals surface area contributed by atoms with E-state index in [-0.39, 0.29) is 22.8 Å². The van der Waals surface area contributed by atoms with Crippen LogP contribution < -0.4 is 5.32 Å². The van der Waals surface area contributed by atoms with Crippen LogP contribution >= 0.6 is 0 Å². The average Bonchev–Trinajstić information content (AvgIpc) is 3.08. The fraction of sp³-hybridized carbons (Fsp3) is 0.348. The van der Waals surface area contributed by atoms with Crippen LogP contribution in [-0.2, 0) is 21.0 Å². The molecule has 0 radical (unpaired) electrons. The number of aromatic amines is 1. The Labute approximate surface area is 172 Å². The maximum absolute atomic E-state index is 12.4. The van der Waals surface area contributed by atoms with Gasteiger partial charge in [-0.25, -0.2) is 8.42 Å². The van der Waals surface area contributed by atoms with Crippen LogP contribution in [0, 0.1) is 0 Å². The molecule has 1 amide bonds. The standard InChI is InChI=1S/C23H28N2O3S/c1-23(2,3)19-11-10-18-14-21(25-20(18)15-19)22(26)24-12-7-13-29(27,28)16-17-8-5-4-6-9-17/h4-6,8-11,14-15,25H,7,12-13,16H2,1-3H3,(H,24,26). The van der Waals surface area contributed by atoms with E-state index < -0.39 is 9.84 Å². The van der Waals surface area contributed by atoms with Crippen LogP contribution in [0.4, 0.5) is 0 Å². The van der Waals surface area contributed by atoms with Crippen LogP contribution in [0.15, 0.2) is 54.6 Å². The van der Waals surface area contributed by atoms with Crippen molar-refractivity contribution >= 4 is 26.6 Å². The third kappa shape index (κ3) is 5.70. The smallest absolute Gasteiger partial charge is 0.267 e. The van der Waals surface area contributed by atoms with E-state index in [2.05, 4.69) is 43.2 Å². The Kier molecular flexibility index (Phi) is 6.13. The van der Waals surface area contributed by atoms with E-state index in [0.29, 0.717) is 18.7 Å². The van der Waals surface area contributed by atoms with E-state index in [4.69, 9.17) is 0 Å². The van der Waals surface area contributed by atoms with Gasteiger partial charge in [0.25, 0.3) is 5.91 Å². The first-order valence-electron chi connectivity index (χ1n) is 9.80. The number of H-pyrrole nitrogens is 1. The van der Waals surface area contributed by atoms with Gasteiger partial charge in [0.2, 0.25) is 0 Å². The lowest BCUT2D eigenvalue weighted by atomic mass is 9.87. The van der Waals surface area contributed by atoms with Gasteiger partial charge in [-0.3, -0.25) is 4.79 Å². The number of aromatic nitrogens is 1. The summed E-state index contributed by atoms with van der Waals surface area (Å²) in [7, 11) is -3.20. The minimum atomic E-state index is -3.20. The van der Waals surface area contributed by atoms with Gasteiger partial charge < -0.3 is 10.3 Å². The number of fused-ring (bicyclic) bond motifs is 1. The van der Waals surface area contributed by atoms with Crippen molar-refractivity contribution in [1.29, 1.82) is 0 Å². The summed E-state index contributed by atoms with van der Waals surface area (Å²) in [4.78, 5) is 15.6. The van der Waals surface area contributed by atoms with Crippen molar-refractivity contribution in [3.8, 4) is 0 Å². The molecule has 0 atom stereocenters. The largest absolute Gasteiger partial charge is 0.351 e. The van der Waals surface area contributed by atoms with Crippen molar-refractivity contribution in [2.24, 2.45) is 0 Å². The average molecular weight is 413 g/mol. The normalized spacial score (nSPS) is 12.2. The van der Waals surface area contributed by atoms with Gasteiger partial charge in [0, 0.05) is 17.4 Å². The van der Waals surface area contributed by atoms with Gasteiger partial charge in [-0.1, -0.05) is 63.2 Å². The Morgan fingerprint density at radius 2 is 1.76 bits per heavy atom. The minimum absolute atomic E-state index is 0.0277. The van der Waals surface area contributed by atoms with Crippen molar-refractivity contribution in [3.05, 3.63) is 71.4 Å². The zero-order valence-corrected chi connectivity index (χ0v) is 18.0. The summed E-state index contributed by atoms with van der Waals surface area (Å²) in [6, 6.07) is 17.1. The monoisotopic (exact) mass is 412 g/mol. The third-order valence-corrected chi connectivity index (χ3v) is 6.56. The number of hydrogen-bond acceptors (Lipinski definition) is 3. The molecule has 154 valence electrons. The molecule has 0 aliphatic rings. The van der Waals surface area contributed by atoms with E-state index in [9.17, 15) is 13.2 Å². The number of carbonyl (C=O) groups is 1. The molecule has 3 rings (SSSR count). The molecule has 0 saturated heterocycles. The van der Waals surface area contributed by atoms with Gasteiger partial charge in [0.05, 0.1) is 11.5 Å². The molecule has 0 fully saturated rings. The number of benzene rings is 2. The lowest BCUT2D eigenvalue weighted by molar-refractivity contribution is 0.0949. The van der Waals surface area contributed by atoms with Crippen molar-refractivity contribution < 1.29 is 13.2 Å². The highest BCUT2D eigenvalue weighted by atomic mass is 32.2. The molecule has 6 heteroatoms. The van der Waals surface area contributed by atoms with Crippen molar-refractivity contribution in [1.82, 2.24) is 10.3 Å². The molecule has 2 N–H and O–H groups in total. The van der Waals surface area contributed by atoms with Gasteiger partial charge in [0.1, 0.15) is 5.69 Å². The molecule has 3 aromatic rings. The number of rotatable bonds is 7. The number of hydrogen-bond donors (Lipinski definition) is 2. The van der Waals surface area contributed by atoms with Gasteiger partial charge in [-0.2, -0.15) is 0 Å². The molecule has 2 aromatic carbocycles. The van der Waals surface area contributed by atoms with Crippen LogP contribution in [0.5, 0.6) is 0 Å². The van der Waals surface area contributed by atoms with Crippen molar-refractivity contribution in [3.63, 3.8) is 0 Å². The molecule has 0 aliphatic heterocycles. The van der Waals surface area contributed by atoms with Crippen LogP contribution in [0.2, 0.25) is 0 Å². The first-order chi connectivity index (χ1) is 13.6. The molecule has 1 heterocycles. The Morgan fingerprint density at radius 3 is 2.45 bits per heavy atom. The van der Waals surface area contributed by atoms with Gasteiger partial charge in [-0.15, -0.1) is 0 Å². The Balaban J connectivity index is 1.54. The Morgan fingerprint density at radius 1 is 1.03 bits per heavy atom. The number of sulfone groups is 1. The number of amides is 1. The van der Waals surface area contributed by atoms with E-state index in [1.54, 1.807) is 12.1 Å². The summed E-state index contributed by atoms with van der Waals surface area (Å²) in [6.07, 6.45) is 0.384. The summed E-state index contributed by atoms with van der Waals surface area (Å²) in [5.74, 6) is -0.150. The summed E-state index contributed by atoms with van der Waals surface area (Å²) in [6.45, 7) is 6.76. The molecule has 0 aliphatic carbocycles. The molecule has 1 aromatic heterocycles. The first-order valence-corrected chi connectivity index (χ1v) is 11.6. The summed E-state index contributed by atoms with van der Waals surface area (Å²) in [5.41, 5.74) is 3.42. The number of nitrogens with one attached hydrogen (secondary N) is 2. The molecule has 0 saturated carbocycles. The molecule has 5 nitrogen and oxygen atoms in total. The zero-order chi connectivity index (χ0) is 21.1. The molecular formula is C23H28N2O3S. The van der Waals surface area contributed by atoms with Crippen LogP contribution in [0.1, 0.15) is 48.8 Å². The van der Waals surface area contributed by atoms with E-state index in [0.717, 1.165) is 16.5 Å². The second-order valence-electron chi connectivity index (χ2n) is 8.42. The lowest BCUT2D eigenvalue weighted by Crippen LogP contribution is -2.26. The number of carbonyl (C=O) groups excluding carboxylic acids is 1. The maximum Gasteiger partial charge on any atom is 0.267 e. The molecular weight excluding hydrogens is 384 g/mol.